The first-order valence-electron chi connectivity index (χ1n) is 7.05. The van der Waals surface area contributed by atoms with Crippen molar-refractivity contribution in [3.63, 3.8) is 0 Å². The topological polar surface area (TPSA) is 130 Å². The molecule has 2 aromatic carbocycles. The van der Waals surface area contributed by atoms with Crippen LogP contribution in [-0.2, 0) is 0 Å². The zero-order valence-electron chi connectivity index (χ0n) is 13.2. The van der Waals surface area contributed by atoms with Crippen LogP contribution in [-0.4, -0.2) is 34.6 Å². The van der Waals surface area contributed by atoms with Crippen molar-refractivity contribution in [3.8, 4) is 45.8 Å². The second-order valence-corrected chi connectivity index (χ2v) is 5.15. The zero-order chi connectivity index (χ0) is 18.3. The maximum atomic E-state index is 12.5. The Morgan fingerprint density at radius 3 is 2.24 bits per heavy atom. The molecule has 3 aromatic rings. The molecule has 8 nitrogen and oxygen atoms in total. The Bertz CT molecular complexity index is 1040. The first kappa shape index (κ1) is 16.3. The Morgan fingerprint density at radius 2 is 1.64 bits per heavy atom. The molecule has 3 rings (SSSR count). The number of rotatable bonds is 3. The highest BCUT2D eigenvalue weighted by Crippen LogP contribution is 2.43. The molecule has 0 saturated carbocycles. The molecule has 0 aliphatic rings. The van der Waals surface area contributed by atoms with E-state index in [0.717, 1.165) is 6.07 Å². The highest BCUT2D eigenvalue weighted by Gasteiger charge is 2.24. The van der Waals surface area contributed by atoms with Gasteiger partial charge in [0.1, 0.15) is 11.1 Å². The number of hydrogen-bond acceptors (Lipinski definition) is 8. The third kappa shape index (κ3) is 2.44. The van der Waals surface area contributed by atoms with E-state index in [4.69, 9.17) is 13.9 Å². The van der Waals surface area contributed by atoms with Crippen molar-refractivity contribution in [2.24, 2.45) is 0 Å². The molecule has 0 amide bonds. The summed E-state index contributed by atoms with van der Waals surface area (Å²) in [6.07, 6.45) is 0. The number of aromatic hydroxyl groups is 4. The molecule has 0 aliphatic heterocycles. The molecule has 0 spiro atoms. The summed E-state index contributed by atoms with van der Waals surface area (Å²) in [5.74, 6) is -2.13. The number of hydrogen-bond donors (Lipinski definition) is 4. The lowest BCUT2D eigenvalue weighted by molar-refractivity contribution is 0.349. The van der Waals surface area contributed by atoms with Gasteiger partial charge in [0.15, 0.2) is 28.6 Å². The quantitative estimate of drug-likeness (QED) is 0.532. The molecule has 0 bridgehead atoms. The number of phenolic OH excluding ortho intramolecular Hbond substituents is 3. The third-order valence-electron chi connectivity index (χ3n) is 3.70. The minimum Gasteiger partial charge on any atom is -0.507 e. The molecule has 25 heavy (non-hydrogen) atoms. The number of benzene rings is 2. The van der Waals surface area contributed by atoms with Gasteiger partial charge in [-0.05, 0) is 18.2 Å². The van der Waals surface area contributed by atoms with E-state index in [2.05, 4.69) is 0 Å². The van der Waals surface area contributed by atoms with Gasteiger partial charge in [0.25, 0.3) is 0 Å². The fourth-order valence-corrected chi connectivity index (χ4v) is 2.50. The fourth-order valence-electron chi connectivity index (χ4n) is 2.50. The summed E-state index contributed by atoms with van der Waals surface area (Å²) in [5, 5.41) is 39.0. The summed E-state index contributed by atoms with van der Waals surface area (Å²) in [5.41, 5.74) is -0.886. The van der Waals surface area contributed by atoms with Crippen LogP contribution in [0.15, 0.2) is 33.5 Å². The molecule has 0 saturated heterocycles. The Labute approximate surface area is 140 Å². The van der Waals surface area contributed by atoms with Gasteiger partial charge in [0.05, 0.1) is 14.2 Å². The van der Waals surface area contributed by atoms with Gasteiger partial charge in [-0.3, -0.25) is 4.79 Å². The van der Waals surface area contributed by atoms with Gasteiger partial charge in [-0.15, -0.1) is 0 Å². The second-order valence-electron chi connectivity index (χ2n) is 5.15. The monoisotopic (exact) mass is 346 g/mol. The van der Waals surface area contributed by atoms with Crippen LogP contribution in [0, 0.1) is 0 Å². The predicted molar refractivity (Wildman–Crippen MR) is 87.7 cm³/mol. The van der Waals surface area contributed by atoms with Gasteiger partial charge in [-0.1, -0.05) is 0 Å². The largest absolute Gasteiger partial charge is 0.507 e. The number of phenols is 3. The van der Waals surface area contributed by atoms with Gasteiger partial charge < -0.3 is 34.3 Å². The van der Waals surface area contributed by atoms with Crippen LogP contribution in [0.4, 0.5) is 0 Å². The number of ether oxygens (including phenoxy) is 2. The molecule has 130 valence electrons. The molecule has 0 atom stereocenters. The Kier molecular flexibility index (Phi) is 3.80. The van der Waals surface area contributed by atoms with Crippen LogP contribution in [0.1, 0.15) is 0 Å². The van der Waals surface area contributed by atoms with E-state index >= 15 is 0 Å². The molecular weight excluding hydrogens is 332 g/mol. The lowest BCUT2D eigenvalue weighted by Crippen LogP contribution is -2.05. The van der Waals surface area contributed by atoms with Crippen molar-refractivity contribution in [1.29, 1.82) is 0 Å². The molecule has 8 heteroatoms. The van der Waals surface area contributed by atoms with E-state index in [1.165, 1.54) is 32.4 Å². The van der Waals surface area contributed by atoms with Gasteiger partial charge in [-0.2, -0.15) is 0 Å². The van der Waals surface area contributed by atoms with Crippen LogP contribution in [0.2, 0.25) is 0 Å². The average Bonchev–Trinajstić information content (AvgIpc) is 2.59. The summed E-state index contributed by atoms with van der Waals surface area (Å²) in [6.45, 7) is 0. The molecule has 0 unspecified atom stereocenters. The molecule has 1 heterocycles. The smallest absolute Gasteiger partial charge is 0.238 e. The summed E-state index contributed by atoms with van der Waals surface area (Å²) in [4.78, 5) is 12.5. The molecule has 1 aromatic heterocycles. The van der Waals surface area contributed by atoms with Crippen LogP contribution >= 0.6 is 0 Å². The van der Waals surface area contributed by atoms with E-state index in [1.807, 2.05) is 0 Å². The van der Waals surface area contributed by atoms with Crippen molar-refractivity contribution in [2.45, 2.75) is 0 Å². The normalized spacial score (nSPS) is 10.8. The molecule has 4 N–H and O–H groups in total. The van der Waals surface area contributed by atoms with E-state index in [9.17, 15) is 25.2 Å². The Morgan fingerprint density at radius 1 is 0.920 bits per heavy atom. The highest BCUT2D eigenvalue weighted by atomic mass is 16.5. The van der Waals surface area contributed by atoms with Crippen molar-refractivity contribution in [3.05, 3.63) is 34.5 Å². The van der Waals surface area contributed by atoms with Gasteiger partial charge >= 0.3 is 0 Å². The molecular formula is C17H14O8. The van der Waals surface area contributed by atoms with E-state index in [1.54, 1.807) is 0 Å². The Hall–Kier alpha value is -3.55. The fraction of sp³-hybridized carbons (Fsp3) is 0.118. The Balaban J connectivity index is 2.44. The number of methoxy groups -OCH3 is 2. The molecule has 0 fully saturated rings. The van der Waals surface area contributed by atoms with Crippen molar-refractivity contribution >= 4 is 11.0 Å². The lowest BCUT2D eigenvalue weighted by atomic mass is 10.1. The number of fused-ring (bicyclic) bond motifs is 1. The standard InChI is InChI=1S/C17H14O8/c1-23-11-6-10(20)12-13(21)14(22)15(25-17(12)16(11)24-2)7-3-4-8(18)9(19)5-7/h3-6,18-20,22H,1-2H3. The maximum absolute atomic E-state index is 12.5. The van der Waals surface area contributed by atoms with Crippen molar-refractivity contribution in [1.82, 2.24) is 0 Å². The van der Waals surface area contributed by atoms with Crippen molar-refractivity contribution in [2.75, 3.05) is 14.2 Å². The van der Waals surface area contributed by atoms with Gasteiger partial charge in [0.2, 0.25) is 16.9 Å². The van der Waals surface area contributed by atoms with E-state index in [0.29, 0.717) is 0 Å². The summed E-state index contributed by atoms with van der Waals surface area (Å²) in [7, 11) is 2.67. The van der Waals surface area contributed by atoms with Crippen molar-refractivity contribution < 1.29 is 34.3 Å². The summed E-state index contributed by atoms with van der Waals surface area (Å²) >= 11 is 0. The highest BCUT2D eigenvalue weighted by molar-refractivity contribution is 5.93. The van der Waals surface area contributed by atoms with E-state index < -0.39 is 22.7 Å². The lowest BCUT2D eigenvalue weighted by Gasteiger charge is -2.13. The predicted octanol–water partition coefficient (Wildman–Crippen LogP) is 2.30. The van der Waals surface area contributed by atoms with Crippen LogP contribution in [0.3, 0.4) is 0 Å². The first-order chi connectivity index (χ1) is 11.9. The van der Waals surface area contributed by atoms with Gasteiger partial charge in [-0.25, -0.2) is 0 Å². The zero-order valence-corrected chi connectivity index (χ0v) is 13.2. The van der Waals surface area contributed by atoms with Crippen LogP contribution < -0.4 is 14.9 Å². The van der Waals surface area contributed by atoms with E-state index in [-0.39, 0.29) is 39.5 Å². The minimum atomic E-state index is -0.887. The molecule has 0 radical (unpaired) electrons. The van der Waals surface area contributed by atoms with Crippen LogP contribution in [0.25, 0.3) is 22.3 Å². The van der Waals surface area contributed by atoms with Crippen LogP contribution in [0.5, 0.6) is 34.5 Å². The van der Waals surface area contributed by atoms with Gasteiger partial charge in [0, 0.05) is 11.6 Å². The molecule has 0 aliphatic carbocycles. The average molecular weight is 346 g/mol. The maximum Gasteiger partial charge on any atom is 0.238 e. The third-order valence-corrected chi connectivity index (χ3v) is 3.70. The minimum absolute atomic E-state index is 0.0525. The SMILES string of the molecule is COc1cc(O)c2c(=O)c(O)c(-c3ccc(O)c(O)c3)oc2c1OC. The second kappa shape index (κ2) is 5.82. The summed E-state index contributed by atoms with van der Waals surface area (Å²) in [6, 6.07) is 4.80. The first-order valence-corrected chi connectivity index (χ1v) is 7.05. The summed E-state index contributed by atoms with van der Waals surface area (Å²) < 4.78 is 15.9.